The Morgan fingerprint density at radius 1 is 1.57 bits per heavy atom. The maximum absolute atomic E-state index is 12.2. The van der Waals surface area contributed by atoms with Crippen LogP contribution in [-0.4, -0.2) is 17.5 Å². The van der Waals surface area contributed by atoms with Crippen LogP contribution in [0, 0.1) is 0 Å². The van der Waals surface area contributed by atoms with Crippen LogP contribution in [-0.2, 0) is 10.9 Å². The van der Waals surface area contributed by atoms with E-state index in [-0.39, 0.29) is 5.00 Å². The molecule has 0 bridgehead atoms. The van der Waals surface area contributed by atoms with Gasteiger partial charge < -0.3 is 10.5 Å². The van der Waals surface area contributed by atoms with Gasteiger partial charge in [0.25, 0.3) is 0 Å². The van der Waals surface area contributed by atoms with Gasteiger partial charge in [0.1, 0.15) is 10.6 Å². The number of rotatable bonds is 1. The first-order valence-corrected chi connectivity index (χ1v) is 4.06. The normalized spacial score (nSPS) is 11.4. The SMILES string of the molecule is COC(=O)c1c(C(F)(F)F)nsc1N. The summed E-state index contributed by atoms with van der Waals surface area (Å²) in [6, 6.07) is 0. The molecule has 78 valence electrons. The fourth-order valence-corrected chi connectivity index (χ4v) is 1.45. The summed E-state index contributed by atoms with van der Waals surface area (Å²) >= 11 is 0.409. The van der Waals surface area contributed by atoms with Gasteiger partial charge in [-0.1, -0.05) is 0 Å². The Morgan fingerprint density at radius 2 is 2.14 bits per heavy atom. The highest BCUT2D eigenvalue weighted by atomic mass is 32.1. The van der Waals surface area contributed by atoms with Gasteiger partial charge >= 0.3 is 12.1 Å². The first-order chi connectivity index (χ1) is 6.38. The third-order valence-electron chi connectivity index (χ3n) is 1.38. The predicted molar refractivity (Wildman–Crippen MR) is 42.9 cm³/mol. The molecule has 1 aromatic heterocycles. The highest BCUT2D eigenvalue weighted by Gasteiger charge is 2.40. The number of anilines is 1. The van der Waals surface area contributed by atoms with E-state index in [2.05, 4.69) is 9.11 Å². The fraction of sp³-hybridized carbons (Fsp3) is 0.333. The van der Waals surface area contributed by atoms with E-state index in [1.54, 1.807) is 0 Å². The Labute approximate surface area is 80.6 Å². The molecular formula is C6H5F3N2O2S. The summed E-state index contributed by atoms with van der Waals surface area (Å²) in [5.41, 5.74) is 3.15. The van der Waals surface area contributed by atoms with E-state index in [4.69, 9.17) is 5.73 Å². The van der Waals surface area contributed by atoms with Gasteiger partial charge in [-0.25, -0.2) is 4.79 Å². The summed E-state index contributed by atoms with van der Waals surface area (Å²) in [5, 5.41) is -0.302. The minimum absolute atomic E-state index is 0.302. The average Bonchev–Trinajstić information content (AvgIpc) is 2.45. The van der Waals surface area contributed by atoms with Gasteiger partial charge in [0.05, 0.1) is 7.11 Å². The summed E-state index contributed by atoms with van der Waals surface area (Å²) in [6.07, 6.45) is -4.70. The minimum Gasteiger partial charge on any atom is -0.465 e. The number of hydrogen-bond donors (Lipinski definition) is 1. The number of halogens is 3. The number of methoxy groups -OCH3 is 1. The minimum atomic E-state index is -4.70. The molecule has 14 heavy (non-hydrogen) atoms. The number of nitrogens with zero attached hydrogens (tertiary/aromatic N) is 1. The Balaban J connectivity index is 3.26. The van der Waals surface area contributed by atoms with Gasteiger partial charge in [0.2, 0.25) is 0 Å². The molecule has 0 aromatic carbocycles. The second kappa shape index (κ2) is 3.45. The molecular weight excluding hydrogens is 221 g/mol. The van der Waals surface area contributed by atoms with Gasteiger partial charge in [-0.15, -0.1) is 0 Å². The maximum Gasteiger partial charge on any atom is 0.435 e. The lowest BCUT2D eigenvalue weighted by Gasteiger charge is -2.04. The van der Waals surface area contributed by atoms with Crippen molar-refractivity contribution in [2.45, 2.75) is 6.18 Å². The number of carbonyl (C=O) groups is 1. The maximum atomic E-state index is 12.2. The van der Waals surface area contributed by atoms with Crippen molar-refractivity contribution in [3.63, 3.8) is 0 Å². The third kappa shape index (κ3) is 1.79. The lowest BCUT2D eigenvalue weighted by Crippen LogP contribution is -2.14. The van der Waals surface area contributed by atoms with Crippen molar-refractivity contribution in [3.05, 3.63) is 11.3 Å². The van der Waals surface area contributed by atoms with E-state index in [1.807, 2.05) is 0 Å². The molecule has 0 radical (unpaired) electrons. The molecule has 1 heterocycles. The van der Waals surface area contributed by atoms with Crippen LogP contribution < -0.4 is 5.73 Å². The fourth-order valence-electron chi connectivity index (χ4n) is 0.796. The number of ether oxygens (including phenoxy) is 1. The smallest absolute Gasteiger partial charge is 0.435 e. The van der Waals surface area contributed by atoms with Gasteiger partial charge in [-0.05, 0) is 11.5 Å². The Kier molecular flexibility index (Phi) is 2.65. The van der Waals surface area contributed by atoms with Gasteiger partial charge in [0, 0.05) is 0 Å². The van der Waals surface area contributed by atoms with Crippen LogP contribution in [0.15, 0.2) is 0 Å². The molecule has 0 saturated carbocycles. The second-order valence-electron chi connectivity index (χ2n) is 2.26. The van der Waals surface area contributed by atoms with Crippen LogP contribution in [0.2, 0.25) is 0 Å². The van der Waals surface area contributed by atoms with Gasteiger partial charge in [-0.3, -0.25) is 0 Å². The van der Waals surface area contributed by atoms with Crippen molar-refractivity contribution in [2.75, 3.05) is 12.8 Å². The van der Waals surface area contributed by atoms with E-state index < -0.39 is 23.4 Å². The number of nitrogen functional groups attached to an aromatic ring is 1. The number of esters is 1. The zero-order valence-electron chi connectivity index (χ0n) is 6.88. The number of carbonyl (C=O) groups excluding carboxylic acids is 1. The summed E-state index contributed by atoms with van der Waals surface area (Å²) in [7, 11) is 0.972. The van der Waals surface area contributed by atoms with Crippen molar-refractivity contribution >= 4 is 22.5 Å². The molecule has 0 amide bonds. The molecule has 8 heteroatoms. The number of hydrogen-bond acceptors (Lipinski definition) is 5. The molecule has 0 saturated heterocycles. The molecule has 1 rings (SSSR count). The zero-order valence-corrected chi connectivity index (χ0v) is 7.70. The molecule has 0 unspecified atom stereocenters. The van der Waals surface area contributed by atoms with Crippen molar-refractivity contribution in [3.8, 4) is 0 Å². The molecule has 0 fully saturated rings. The largest absolute Gasteiger partial charge is 0.465 e. The molecule has 0 atom stereocenters. The summed E-state index contributed by atoms with van der Waals surface area (Å²) in [4.78, 5) is 10.9. The van der Waals surface area contributed by atoms with E-state index >= 15 is 0 Å². The van der Waals surface area contributed by atoms with Crippen LogP contribution in [0.5, 0.6) is 0 Å². The van der Waals surface area contributed by atoms with Crippen LogP contribution in [0.25, 0.3) is 0 Å². The second-order valence-corrected chi connectivity index (χ2v) is 3.06. The number of nitrogens with two attached hydrogens (primary N) is 1. The standard InChI is InChI=1S/C6H5F3N2O2S/c1-13-5(12)2-3(6(7,8)9)11-14-4(2)10/h10H2,1H3. The monoisotopic (exact) mass is 226 g/mol. The summed E-state index contributed by atoms with van der Waals surface area (Å²) < 4.78 is 43.9. The van der Waals surface area contributed by atoms with Crippen molar-refractivity contribution < 1.29 is 22.7 Å². The van der Waals surface area contributed by atoms with Gasteiger partial charge in [-0.2, -0.15) is 17.5 Å². The van der Waals surface area contributed by atoms with Crippen molar-refractivity contribution in [1.29, 1.82) is 0 Å². The van der Waals surface area contributed by atoms with E-state index in [9.17, 15) is 18.0 Å². The Bertz CT molecular complexity index is 360. The summed E-state index contributed by atoms with van der Waals surface area (Å²) in [6.45, 7) is 0. The molecule has 0 aliphatic heterocycles. The Hall–Kier alpha value is -1.31. The van der Waals surface area contributed by atoms with Gasteiger partial charge in [0.15, 0.2) is 5.69 Å². The highest BCUT2D eigenvalue weighted by molar-refractivity contribution is 7.10. The quantitative estimate of drug-likeness (QED) is 0.737. The topological polar surface area (TPSA) is 65.2 Å². The molecule has 0 spiro atoms. The van der Waals surface area contributed by atoms with E-state index in [1.165, 1.54) is 0 Å². The van der Waals surface area contributed by atoms with Crippen LogP contribution in [0.4, 0.5) is 18.2 Å². The molecule has 0 aliphatic carbocycles. The lowest BCUT2D eigenvalue weighted by atomic mass is 10.2. The van der Waals surface area contributed by atoms with E-state index in [0.717, 1.165) is 7.11 Å². The Morgan fingerprint density at radius 3 is 2.57 bits per heavy atom. The predicted octanol–water partition coefficient (Wildman–Crippen LogP) is 1.53. The lowest BCUT2D eigenvalue weighted by molar-refractivity contribution is -0.141. The molecule has 4 nitrogen and oxygen atoms in total. The number of alkyl halides is 3. The number of aromatic nitrogens is 1. The summed E-state index contributed by atoms with van der Waals surface area (Å²) in [5.74, 6) is -1.14. The van der Waals surface area contributed by atoms with Crippen LogP contribution in [0.1, 0.15) is 16.1 Å². The molecule has 0 aliphatic rings. The van der Waals surface area contributed by atoms with Crippen LogP contribution in [0.3, 0.4) is 0 Å². The first kappa shape index (κ1) is 10.8. The first-order valence-electron chi connectivity index (χ1n) is 3.28. The third-order valence-corrected chi connectivity index (χ3v) is 2.05. The zero-order chi connectivity index (χ0) is 10.9. The van der Waals surface area contributed by atoms with Crippen molar-refractivity contribution in [2.24, 2.45) is 0 Å². The van der Waals surface area contributed by atoms with E-state index in [0.29, 0.717) is 11.5 Å². The van der Waals surface area contributed by atoms with Crippen LogP contribution >= 0.6 is 11.5 Å². The highest BCUT2D eigenvalue weighted by Crippen LogP contribution is 2.35. The molecule has 1 aromatic rings. The average molecular weight is 226 g/mol. The van der Waals surface area contributed by atoms with Crippen molar-refractivity contribution in [1.82, 2.24) is 4.37 Å². The molecule has 2 N–H and O–H groups in total.